The van der Waals surface area contributed by atoms with E-state index in [1.54, 1.807) is 0 Å². The van der Waals surface area contributed by atoms with Gasteiger partial charge in [-0.05, 0) is 31.2 Å². The van der Waals surface area contributed by atoms with E-state index in [0.717, 1.165) is 0 Å². The molecule has 0 aliphatic rings. The average Bonchev–Trinajstić information content (AvgIpc) is 3.55. The number of rotatable bonds is 30. The molecule has 0 saturated carbocycles. The molecule has 1 aromatic carbocycles. The molecule has 1 N–H and O–H groups in total. The van der Waals surface area contributed by atoms with E-state index in [2.05, 4.69) is 72.5 Å². The third-order valence-corrected chi connectivity index (χ3v) is 9.62. The normalized spacial score (nSPS) is 13.0. The Kier molecular flexibility index (Phi) is 23.6. The number of nitrogens with one attached hydrogen (secondary N) is 1. The van der Waals surface area contributed by atoms with E-state index in [0.29, 0.717) is 12.0 Å². The summed E-state index contributed by atoms with van der Waals surface area (Å²) in [6.07, 6.45) is 44.7. The largest absolute Gasteiger partial charge is 0.250 e. The van der Waals surface area contributed by atoms with Gasteiger partial charge in [0.1, 0.15) is 18.4 Å². The van der Waals surface area contributed by atoms with Crippen LogP contribution in [0.3, 0.4) is 0 Å². The van der Waals surface area contributed by atoms with Gasteiger partial charge in [-0.3, -0.25) is 4.98 Å². The zero-order chi connectivity index (χ0) is 29.8. The van der Waals surface area contributed by atoms with Crippen LogP contribution in [0.25, 0.3) is 0 Å². The minimum Gasteiger partial charge on any atom is -0.250 e. The van der Waals surface area contributed by atoms with Gasteiger partial charge in [0.2, 0.25) is 6.33 Å². The second-order valence-corrected chi connectivity index (χ2v) is 13.4. The highest BCUT2D eigenvalue weighted by atomic mass is 15.1. The van der Waals surface area contributed by atoms with Crippen LogP contribution in [-0.2, 0) is 6.42 Å². The summed E-state index contributed by atoms with van der Waals surface area (Å²) in [4.78, 5) is 3.35. The average molecular weight is 580 g/mol. The van der Waals surface area contributed by atoms with Crippen molar-refractivity contribution in [2.24, 2.45) is 5.92 Å². The van der Waals surface area contributed by atoms with Gasteiger partial charge in [0, 0.05) is 5.92 Å². The molecule has 0 aliphatic carbocycles. The lowest BCUT2D eigenvalue weighted by molar-refractivity contribution is -0.730. The van der Waals surface area contributed by atoms with Gasteiger partial charge in [-0.1, -0.05) is 192 Å². The number of H-pyrrole nitrogens is 1. The van der Waals surface area contributed by atoms with Gasteiger partial charge in [0.05, 0.1) is 0 Å². The summed E-state index contributed by atoms with van der Waals surface area (Å²) in [5, 5.41) is 0. The molecule has 0 amide bonds. The fraction of sp³-hybridized carbons (Fsp3) is 0.775. The first kappa shape index (κ1) is 36.6. The highest BCUT2D eigenvalue weighted by molar-refractivity contribution is 5.15. The summed E-state index contributed by atoms with van der Waals surface area (Å²) in [7, 11) is 0. The van der Waals surface area contributed by atoms with Gasteiger partial charge in [0.15, 0.2) is 0 Å². The molecule has 0 radical (unpaired) electrons. The molecule has 2 aromatic rings. The standard InChI is InChI=1S/C40H70N2/c1-3-5-7-9-11-13-14-15-16-17-18-20-21-23-28-32-39(36-38-30-26-25-27-31-38)40(42-35-34-41-37-42)33-29-24-22-19-12-10-8-6-4-2/h25-27,30-31,34-35,37,39-40H,3-24,28-29,32-33,36H2,1-2H3/p+1. The van der Waals surface area contributed by atoms with Crippen LogP contribution in [0.4, 0.5) is 0 Å². The van der Waals surface area contributed by atoms with E-state index < -0.39 is 0 Å². The Balaban J connectivity index is 1.68. The maximum atomic E-state index is 3.35. The Bertz CT molecular complexity index is 783. The van der Waals surface area contributed by atoms with Crippen molar-refractivity contribution in [3.05, 3.63) is 54.6 Å². The number of unbranched alkanes of at least 4 members (excludes halogenated alkanes) is 22. The number of aromatic amines is 1. The lowest BCUT2D eigenvalue weighted by atomic mass is 9.84. The van der Waals surface area contributed by atoms with Crippen molar-refractivity contribution < 1.29 is 4.57 Å². The molecule has 1 heterocycles. The van der Waals surface area contributed by atoms with Gasteiger partial charge >= 0.3 is 0 Å². The van der Waals surface area contributed by atoms with Crippen molar-refractivity contribution in [3.8, 4) is 0 Å². The Morgan fingerprint density at radius 1 is 0.524 bits per heavy atom. The smallest absolute Gasteiger partial charge is 0.241 e. The van der Waals surface area contributed by atoms with E-state index in [1.165, 1.54) is 179 Å². The molecular weight excluding hydrogens is 508 g/mol. The summed E-state index contributed by atoms with van der Waals surface area (Å²) in [6, 6.07) is 11.9. The lowest BCUT2D eigenvalue weighted by Gasteiger charge is -2.25. The summed E-state index contributed by atoms with van der Waals surface area (Å²) in [5.74, 6) is 0.712. The minimum atomic E-state index is 0.604. The topological polar surface area (TPSA) is 19.7 Å². The predicted molar refractivity (Wildman–Crippen MR) is 185 cm³/mol. The van der Waals surface area contributed by atoms with Crippen LogP contribution < -0.4 is 4.57 Å². The Morgan fingerprint density at radius 3 is 1.38 bits per heavy atom. The van der Waals surface area contributed by atoms with Crippen LogP contribution in [-0.4, -0.2) is 4.98 Å². The third kappa shape index (κ3) is 18.9. The number of hydrogen-bond acceptors (Lipinski definition) is 0. The Labute approximate surface area is 262 Å². The van der Waals surface area contributed by atoms with E-state index in [1.807, 2.05) is 0 Å². The zero-order valence-electron chi connectivity index (χ0n) is 28.3. The molecule has 0 fully saturated rings. The van der Waals surface area contributed by atoms with Crippen LogP contribution in [0.2, 0.25) is 0 Å². The molecule has 2 atom stereocenters. The fourth-order valence-corrected chi connectivity index (χ4v) is 6.93. The number of nitrogens with zero attached hydrogens (tertiary/aromatic N) is 1. The summed E-state index contributed by atoms with van der Waals surface area (Å²) in [5.41, 5.74) is 1.51. The Hall–Kier alpha value is -1.57. The number of imidazole rings is 1. The quantitative estimate of drug-likeness (QED) is 0.0701. The first-order valence-electron chi connectivity index (χ1n) is 18.9. The first-order chi connectivity index (χ1) is 20.8. The minimum absolute atomic E-state index is 0.604. The highest BCUT2D eigenvalue weighted by Gasteiger charge is 2.26. The molecule has 2 unspecified atom stereocenters. The monoisotopic (exact) mass is 580 g/mol. The van der Waals surface area contributed by atoms with Gasteiger partial charge in [0.25, 0.3) is 0 Å². The molecule has 0 saturated heterocycles. The van der Waals surface area contributed by atoms with Crippen molar-refractivity contribution in [2.75, 3.05) is 0 Å². The fourth-order valence-electron chi connectivity index (χ4n) is 6.93. The van der Waals surface area contributed by atoms with E-state index in [-0.39, 0.29) is 0 Å². The molecule has 42 heavy (non-hydrogen) atoms. The summed E-state index contributed by atoms with van der Waals surface area (Å²) < 4.78 is 2.50. The van der Waals surface area contributed by atoms with Crippen LogP contribution >= 0.6 is 0 Å². The maximum Gasteiger partial charge on any atom is 0.241 e. The molecule has 2 rings (SSSR count). The molecule has 240 valence electrons. The molecule has 2 nitrogen and oxygen atoms in total. The van der Waals surface area contributed by atoms with Crippen LogP contribution in [0, 0.1) is 5.92 Å². The maximum absolute atomic E-state index is 3.35. The van der Waals surface area contributed by atoms with E-state index in [4.69, 9.17) is 0 Å². The number of benzene rings is 1. The Morgan fingerprint density at radius 2 is 0.952 bits per heavy atom. The number of hydrogen-bond donors (Lipinski definition) is 1. The van der Waals surface area contributed by atoms with Crippen molar-refractivity contribution in [1.82, 2.24) is 4.98 Å². The van der Waals surface area contributed by atoms with Crippen LogP contribution in [0.5, 0.6) is 0 Å². The third-order valence-electron chi connectivity index (χ3n) is 9.62. The van der Waals surface area contributed by atoms with Gasteiger partial charge in [-0.15, -0.1) is 0 Å². The molecule has 0 aliphatic heterocycles. The predicted octanol–water partition coefficient (Wildman–Crippen LogP) is 12.9. The van der Waals surface area contributed by atoms with Crippen molar-refractivity contribution in [2.45, 2.75) is 193 Å². The second kappa shape index (κ2) is 27.0. The lowest BCUT2D eigenvalue weighted by Crippen LogP contribution is -2.42. The molecule has 0 spiro atoms. The summed E-state index contributed by atoms with van der Waals surface area (Å²) in [6.45, 7) is 4.62. The highest BCUT2D eigenvalue weighted by Crippen LogP contribution is 2.29. The first-order valence-corrected chi connectivity index (χ1v) is 18.9. The molecule has 1 aromatic heterocycles. The van der Waals surface area contributed by atoms with E-state index >= 15 is 0 Å². The van der Waals surface area contributed by atoms with Crippen molar-refractivity contribution >= 4 is 0 Å². The van der Waals surface area contributed by atoms with Gasteiger partial charge in [-0.25, -0.2) is 4.57 Å². The van der Waals surface area contributed by atoms with Crippen LogP contribution in [0.1, 0.15) is 192 Å². The van der Waals surface area contributed by atoms with Crippen molar-refractivity contribution in [3.63, 3.8) is 0 Å². The van der Waals surface area contributed by atoms with E-state index in [9.17, 15) is 0 Å². The molecular formula is C40H71N2+. The SMILES string of the molecule is CCCCCCCCCCCCCCCCCC(Cc1ccccc1)C(CCCCCCCCCCC)[n+]1cc[nH]c1. The number of aromatic nitrogens is 2. The van der Waals surface area contributed by atoms with Crippen molar-refractivity contribution in [1.29, 1.82) is 0 Å². The second-order valence-electron chi connectivity index (χ2n) is 13.4. The molecule has 2 heteroatoms. The van der Waals surface area contributed by atoms with Gasteiger partial charge < -0.3 is 0 Å². The van der Waals surface area contributed by atoms with Crippen LogP contribution in [0.15, 0.2) is 49.1 Å². The summed E-state index contributed by atoms with van der Waals surface area (Å²) >= 11 is 0. The zero-order valence-corrected chi connectivity index (χ0v) is 28.3. The molecule has 0 bridgehead atoms. The van der Waals surface area contributed by atoms with Gasteiger partial charge in [-0.2, -0.15) is 0 Å².